The molecule has 1 aromatic carbocycles. The topological polar surface area (TPSA) is 53.7 Å². The van der Waals surface area contributed by atoms with Crippen LogP contribution in [0.3, 0.4) is 0 Å². The Morgan fingerprint density at radius 1 is 1.32 bits per heavy atom. The molecule has 100 valence electrons. The fourth-order valence-corrected chi connectivity index (χ4v) is 1.97. The predicted molar refractivity (Wildman–Crippen MR) is 72.8 cm³/mol. The average Bonchev–Trinajstić information content (AvgIpc) is 2.87. The van der Waals surface area contributed by atoms with Crippen LogP contribution in [-0.4, -0.2) is 35.6 Å². The van der Waals surface area contributed by atoms with E-state index >= 15 is 0 Å². The highest BCUT2D eigenvalue weighted by atomic mass is 16.3. The molecule has 1 heterocycles. The van der Waals surface area contributed by atoms with Crippen LogP contribution >= 0.6 is 0 Å². The van der Waals surface area contributed by atoms with Crippen molar-refractivity contribution < 1.29 is 14.3 Å². The number of likely N-dealkylation sites (N-methyl/N-ethyl adjacent to an activating group) is 1. The number of carbonyl (C=O) groups excluding carboxylic acids is 1. The SMILES string of the molecule is CC(O)CN(C)C(=O)c1occc1-c1ccccc1. The number of furan rings is 1. The molecule has 0 spiro atoms. The Morgan fingerprint density at radius 2 is 2.00 bits per heavy atom. The van der Waals surface area contributed by atoms with Crippen LogP contribution in [0.25, 0.3) is 11.1 Å². The Hall–Kier alpha value is -2.07. The molecule has 0 radical (unpaired) electrons. The second-order valence-corrected chi connectivity index (χ2v) is 4.56. The highest BCUT2D eigenvalue weighted by Crippen LogP contribution is 2.25. The van der Waals surface area contributed by atoms with Gasteiger partial charge in [0, 0.05) is 19.2 Å². The van der Waals surface area contributed by atoms with E-state index in [0.717, 1.165) is 11.1 Å². The van der Waals surface area contributed by atoms with Crippen LogP contribution < -0.4 is 0 Å². The summed E-state index contributed by atoms with van der Waals surface area (Å²) in [5.41, 5.74) is 1.70. The normalized spacial score (nSPS) is 12.2. The van der Waals surface area contributed by atoms with Crippen molar-refractivity contribution in [3.8, 4) is 11.1 Å². The van der Waals surface area contributed by atoms with E-state index in [2.05, 4.69) is 0 Å². The largest absolute Gasteiger partial charge is 0.459 e. The number of rotatable bonds is 4. The van der Waals surface area contributed by atoms with Crippen LogP contribution in [-0.2, 0) is 0 Å². The Kier molecular flexibility index (Phi) is 4.02. The number of benzene rings is 1. The number of nitrogens with zero attached hydrogens (tertiary/aromatic N) is 1. The van der Waals surface area contributed by atoms with Crippen molar-refractivity contribution in [2.45, 2.75) is 13.0 Å². The number of hydrogen-bond donors (Lipinski definition) is 1. The molecule has 1 amide bonds. The molecule has 0 bridgehead atoms. The van der Waals surface area contributed by atoms with Crippen molar-refractivity contribution in [1.29, 1.82) is 0 Å². The summed E-state index contributed by atoms with van der Waals surface area (Å²) >= 11 is 0. The molecule has 1 aromatic heterocycles. The molecule has 1 N–H and O–H groups in total. The minimum atomic E-state index is -0.566. The Bertz CT molecular complexity index is 546. The minimum Gasteiger partial charge on any atom is -0.459 e. The first-order chi connectivity index (χ1) is 9.09. The maximum Gasteiger partial charge on any atom is 0.290 e. The van der Waals surface area contributed by atoms with Crippen LogP contribution in [0.15, 0.2) is 47.1 Å². The van der Waals surface area contributed by atoms with Crippen LogP contribution in [0, 0.1) is 0 Å². The number of hydrogen-bond acceptors (Lipinski definition) is 3. The first-order valence-electron chi connectivity index (χ1n) is 6.16. The Morgan fingerprint density at radius 3 is 2.63 bits per heavy atom. The fourth-order valence-electron chi connectivity index (χ4n) is 1.97. The molecule has 4 heteroatoms. The van der Waals surface area contributed by atoms with Gasteiger partial charge in [-0.3, -0.25) is 4.79 Å². The van der Waals surface area contributed by atoms with Gasteiger partial charge in [0.15, 0.2) is 5.76 Å². The van der Waals surface area contributed by atoms with Crippen LogP contribution in [0.4, 0.5) is 0 Å². The lowest BCUT2D eigenvalue weighted by molar-refractivity contribution is 0.0674. The zero-order valence-corrected chi connectivity index (χ0v) is 11.0. The van der Waals surface area contributed by atoms with E-state index in [4.69, 9.17) is 4.42 Å². The summed E-state index contributed by atoms with van der Waals surface area (Å²) in [5.74, 6) is 0.0686. The molecule has 0 aliphatic carbocycles. The van der Waals surface area contributed by atoms with Crippen molar-refractivity contribution in [2.75, 3.05) is 13.6 Å². The maximum absolute atomic E-state index is 12.3. The Labute approximate surface area is 112 Å². The standard InChI is InChI=1S/C15H17NO3/c1-11(17)10-16(2)15(18)14-13(8-9-19-14)12-6-4-3-5-7-12/h3-9,11,17H,10H2,1-2H3. The van der Waals surface area contributed by atoms with Crippen molar-refractivity contribution in [3.05, 3.63) is 48.4 Å². The van der Waals surface area contributed by atoms with Gasteiger partial charge >= 0.3 is 0 Å². The van der Waals surface area contributed by atoms with E-state index in [1.807, 2.05) is 30.3 Å². The molecular weight excluding hydrogens is 242 g/mol. The third kappa shape index (κ3) is 3.03. The average molecular weight is 259 g/mol. The van der Waals surface area contributed by atoms with Gasteiger partial charge in [-0.1, -0.05) is 30.3 Å². The van der Waals surface area contributed by atoms with Gasteiger partial charge in [0.05, 0.1) is 12.4 Å². The molecule has 0 saturated heterocycles. The van der Waals surface area contributed by atoms with Gasteiger partial charge in [-0.15, -0.1) is 0 Å². The second kappa shape index (κ2) is 5.71. The van der Waals surface area contributed by atoms with E-state index in [9.17, 15) is 9.90 Å². The predicted octanol–water partition coefficient (Wildman–Crippen LogP) is 2.40. The van der Waals surface area contributed by atoms with Crippen LogP contribution in [0.5, 0.6) is 0 Å². The summed E-state index contributed by atoms with van der Waals surface area (Å²) in [5, 5.41) is 9.33. The molecule has 1 unspecified atom stereocenters. The van der Waals surface area contributed by atoms with Crippen molar-refractivity contribution in [3.63, 3.8) is 0 Å². The van der Waals surface area contributed by atoms with Gasteiger partial charge in [-0.05, 0) is 18.6 Å². The van der Waals surface area contributed by atoms with Gasteiger partial charge in [-0.25, -0.2) is 0 Å². The third-order valence-corrected chi connectivity index (χ3v) is 2.83. The van der Waals surface area contributed by atoms with Crippen molar-refractivity contribution >= 4 is 5.91 Å². The highest BCUT2D eigenvalue weighted by Gasteiger charge is 2.21. The number of carbonyl (C=O) groups is 1. The summed E-state index contributed by atoms with van der Waals surface area (Å²) in [6, 6.07) is 11.4. The van der Waals surface area contributed by atoms with E-state index in [1.54, 1.807) is 20.0 Å². The molecular formula is C15H17NO3. The van der Waals surface area contributed by atoms with Gasteiger partial charge < -0.3 is 14.4 Å². The minimum absolute atomic E-state index is 0.232. The summed E-state index contributed by atoms with van der Waals surface area (Å²) in [4.78, 5) is 13.7. The van der Waals surface area contributed by atoms with E-state index in [1.165, 1.54) is 11.2 Å². The molecule has 2 rings (SSSR count). The Balaban J connectivity index is 2.27. The lowest BCUT2D eigenvalue weighted by Crippen LogP contribution is -2.33. The zero-order valence-electron chi connectivity index (χ0n) is 11.0. The lowest BCUT2D eigenvalue weighted by Gasteiger charge is -2.18. The third-order valence-electron chi connectivity index (χ3n) is 2.83. The van der Waals surface area contributed by atoms with Crippen molar-refractivity contribution in [2.24, 2.45) is 0 Å². The highest BCUT2D eigenvalue weighted by molar-refractivity contribution is 5.98. The zero-order chi connectivity index (χ0) is 13.8. The van der Waals surface area contributed by atoms with E-state index < -0.39 is 6.10 Å². The molecule has 2 aromatic rings. The van der Waals surface area contributed by atoms with Crippen molar-refractivity contribution in [1.82, 2.24) is 4.90 Å². The van der Waals surface area contributed by atoms with E-state index in [-0.39, 0.29) is 12.5 Å². The fraction of sp³-hybridized carbons (Fsp3) is 0.267. The molecule has 19 heavy (non-hydrogen) atoms. The van der Waals surface area contributed by atoms with Gasteiger partial charge in [-0.2, -0.15) is 0 Å². The quantitative estimate of drug-likeness (QED) is 0.917. The number of amides is 1. The molecule has 4 nitrogen and oxygen atoms in total. The van der Waals surface area contributed by atoms with Gasteiger partial charge in [0.1, 0.15) is 0 Å². The summed E-state index contributed by atoms with van der Waals surface area (Å²) in [7, 11) is 1.65. The van der Waals surface area contributed by atoms with E-state index in [0.29, 0.717) is 5.76 Å². The van der Waals surface area contributed by atoms with Crippen LogP contribution in [0.1, 0.15) is 17.5 Å². The molecule has 0 fully saturated rings. The lowest BCUT2D eigenvalue weighted by atomic mass is 10.1. The monoisotopic (exact) mass is 259 g/mol. The maximum atomic E-state index is 12.3. The number of aliphatic hydroxyl groups is 1. The smallest absolute Gasteiger partial charge is 0.290 e. The summed E-state index contributed by atoms with van der Waals surface area (Å²) in [6.45, 7) is 1.91. The molecule has 0 saturated carbocycles. The van der Waals surface area contributed by atoms with Gasteiger partial charge in [0.25, 0.3) is 5.91 Å². The first kappa shape index (κ1) is 13.4. The first-order valence-corrected chi connectivity index (χ1v) is 6.16. The molecule has 0 aliphatic heterocycles. The summed E-state index contributed by atoms with van der Waals surface area (Å²) in [6.07, 6.45) is 0.940. The molecule has 0 aliphatic rings. The number of aliphatic hydroxyl groups excluding tert-OH is 1. The van der Waals surface area contributed by atoms with Gasteiger partial charge in [0.2, 0.25) is 0 Å². The second-order valence-electron chi connectivity index (χ2n) is 4.56. The summed E-state index contributed by atoms with van der Waals surface area (Å²) < 4.78 is 5.31. The van der Waals surface area contributed by atoms with Crippen LogP contribution in [0.2, 0.25) is 0 Å². The molecule has 1 atom stereocenters.